The molecule has 0 bridgehead atoms. The van der Waals surface area contributed by atoms with Crippen LogP contribution in [0.4, 0.5) is 5.13 Å². The van der Waals surface area contributed by atoms with Crippen LogP contribution in [0.1, 0.15) is 21.7 Å². The zero-order valence-corrected chi connectivity index (χ0v) is 18.0. The highest BCUT2D eigenvalue weighted by Gasteiger charge is 2.14. The molecule has 1 N–H and O–H groups in total. The second kappa shape index (κ2) is 8.38. The molecule has 6 nitrogen and oxygen atoms in total. The first-order valence-corrected chi connectivity index (χ1v) is 10.6. The van der Waals surface area contributed by atoms with Crippen LogP contribution in [0.2, 0.25) is 5.02 Å². The summed E-state index contributed by atoms with van der Waals surface area (Å²) in [5.74, 6) is -0.235. The summed E-state index contributed by atoms with van der Waals surface area (Å²) in [7, 11) is 1.58. The molecule has 0 saturated heterocycles. The Morgan fingerprint density at radius 1 is 1.17 bits per heavy atom. The van der Waals surface area contributed by atoms with Crippen LogP contribution in [0.3, 0.4) is 0 Å². The Morgan fingerprint density at radius 2 is 1.93 bits per heavy atom. The first-order valence-electron chi connectivity index (χ1n) is 9.36. The molecule has 0 radical (unpaired) electrons. The fourth-order valence-electron chi connectivity index (χ4n) is 3.30. The summed E-state index contributed by atoms with van der Waals surface area (Å²) in [5, 5.41) is 9.61. The van der Waals surface area contributed by atoms with Crippen molar-refractivity contribution in [1.29, 1.82) is 0 Å². The number of anilines is 1. The van der Waals surface area contributed by atoms with E-state index in [-0.39, 0.29) is 17.9 Å². The first-order chi connectivity index (χ1) is 14.4. The number of aryl methyl sites for hydroxylation is 2. The maximum Gasteiger partial charge on any atom is 0.274 e. The quantitative estimate of drug-likeness (QED) is 0.508. The highest BCUT2D eigenvalue weighted by atomic mass is 35.5. The lowest BCUT2D eigenvalue weighted by molar-refractivity contribution is -0.115. The van der Waals surface area contributed by atoms with E-state index in [4.69, 9.17) is 11.6 Å². The number of hydrogen-bond acceptors (Lipinski definition) is 5. The molecule has 8 heteroatoms. The zero-order chi connectivity index (χ0) is 21.3. The van der Waals surface area contributed by atoms with Gasteiger partial charge in [0.15, 0.2) is 5.13 Å². The molecule has 4 aromatic rings. The second-order valence-corrected chi connectivity index (χ2v) is 8.50. The normalized spacial score (nSPS) is 11.0. The van der Waals surface area contributed by atoms with Crippen LogP contribution in [0.15, 0.2) is 53.5 Å². The predicted octanol–water partition coefficient (Wildman–Crippen LogP) is 4.12. The van der Waals surface area contributed by atoms with E-state index in [0.29, 0.717) is 28.0 Å². The molecule has 0 aliphatic carbocycles. The van der Waals surface area contributed by atoms with Crippen LogP contribution < -0.4 is 10.9 Å². The minimum atomic E-state index is -0.235. The molecular weight excluding hydrogens is 420 g/mol. The first kappa shape index (κ1) is 20.3. The molecule has 2 aromatic carbocycles. The zero-order valence-electron chi connectivity index (χ0n) is 16.5. The Balaban J connectivity index is 1.49. The molecule has 0 spiro atoms. The Labute approximate surface area is 182 Å². The summed E-state index contributed by atoms with van der Waals surface area (Å²) in [6.45, 7) is 1.97. The fourth-order valence-corrected chi connectivity index (χ4v) is 4.35. The standard InChI is InChI=1S/C22H19ClN4O2S/c1-13-6-5-7-14(20(13)23)10-15-12-24-22(30-15)25-19(28)11-18-16-8-3-4-9-17(16)21(29)27(2)26-18/h3-9,12H,10-11H2,1-2H3,(H,24,25,28). The average molecular weight is 439 g/mol. The Kier molecular flexibility index (Phi) is 5.65. The third-order valence-electron chi connectivity index (χ3n) is 4.80. The molecule has 0 aliphatic rings. The van der Waals surface area contributed by atoms with Crippen molar-refractivity contribution >= 4 is 44.7 Å². The number of nitrogens with zero attached hydrogens (tertiary/aromatic N) is 3. The van der Waals surface area contributed by atoms with Gasteiger partial charge in [-0.3, -0.25) is 9.59 Å². The lowest BCUT2D eigenvalue weighted by Gasteiger charge is -2.07. The van der Waals surface area contributed by atoms with Crippen molar-refractivity contribution in [3.05, 3.63) is 85.7 Å². The van der Waals surface area contributed by atoms with E-state index in [1.54, 1.807) is 31.4 Å². The molecule has 2 aromatic heterocycles. The van der Waals surface area contributed by atoms with Gasteiger partial charge in [-0.2, -0.15) is 5.10 Å². The number of benzene rings is 2. The van der Waals surface area contributed by atoms with E-state index in [2.05, 4.69) is 15.4 Å². The minimum absolute atomic E-state index is 0.0489. The van der Waals surface area contributed by atoms with Gasteiger partial charge in [-0.05, 0) is 24.1 Å². The van der Waals surface area contributed by atoms with Gasteiger partial charge in [0.25, 0.3) is 5.56 Å². The smallest absolute Gasteiger partial charge is 0.274 e. The van der Waals surface area contributed by atoms with Crippen LogP contribution in [0.25, 0.3) is 10.8 Å². The maximum absolute atomic E-state index is 12.6. The van der Waals surface area contributed by atoms with Gasteiger partial charge in [-0.1, -0.05) is 48.0 Å². The third kappa shape index (κ3) is 4.13. The van der Waals surface area contributed by atoms with Crippen molar-refractivity contribution in [2.75, 3.05) is 5.32 Å². The molecule has 4 rings (SSSR count). The van der Waals surface area contributed by atoms with Gasteiger partial charge in [0.1, 0.15) is 0 Å². The summed E-state index contributed by atoms with van der Waals surface area (Å²) in [5.41, 5.74) is 2.42. The van der Waals surface area contributed by atoms with Crippen LogP contribution in [0, 0.1) is 6.92 Å². The van der Waals surface area contributed by atoms with E-state index in [0.717, 1.165) is 21.0 Å². The number of fused-ring (bicyclic) bond motifs is 1. The lowest BCUT2D eigenvalue weighted by Crippen LogP contribution is -2.24. The van der Waals surface area contributed by atoms with Crippen LogP contribution in [-0.2, 0) is 24.7 Å². The largest absolute Gasteiger partial charge is 0.302 e. The highest BCUT2D eigenvalue weighted by molar-refractivity contribution is 7.15. The molecule has 0 aliphatic heterocycles. The highest BCUT2D eigenvalue weighted by Crippen LogP contribution is 2.27. The number of carbonyl (C=O) groups is 1. The number of amides is 1. The summed E-state index contributed by atoms with van der Waals surface area (Å²) < 4.78 is 1.26. The van der Waals surface area contributed by atoms with E-state index in [1.165, 1.54) is 16.0 Å². The summed E-state index contributed by atoms with van der Waals surface area (Å²) in [4.78, 5) is 30.1. The van der Waals surface area contributed by atoms with Gasteiger partial charge < -0.3 is 5.32 Å². The van der Waals surface area contributed by atoms with Gasteiger partial charge in [0.2, 0.25) is 5.91 Å². The number of hydrogen-bond donors (Lipinski definition) is 1. The number of thiazole rings is 1. The minimum Gasteiger partial charge on any atom is -0.302 e. The molecule has 1 amide bonds. The molecule has 0 unspecified atom stereocenters. The Morgan fingerprint density at radius 3 is 2.73 bits per heavy atom. The third-order valence-corrected chi connectivity index (χ3v) is 6.25. The summed E-state index contributed by atoms with van der Waals surface area (Å²) >= 11 is 7.79. The van der Waals surface area contributed by atoms with E-state index in [1.807, 2.05) is 31.2 Å². The maximum atomic E-state index is 12.6. The Hall–Kier alpha value is -3.03. The summed E-state index contributed by atoms with van der Waals surface area (Å²) in [6, 6.07) is 13.1. The van der Waals surface area contributed by atoms with Crippen LogP contribution >= 0.6 is 22.9 Å². The van der Waals surface area contributed by atoms with E-state index < -0.39 is 0 Å². The molecule has 2 heterocycles. The SMILES string of the molecule is Cc1cccc(Cc2cnc(NC(=O)Cc3nn(C)c(=O)c4ccccc34)s2)c1Cl. The van der Waals surface area contributed by atoms with Crippen molar-refractivity contribution in [3.63, 3.8) is 0 Å². The fraction of sp³-hybridized carbons (Fsp3) is 0.182. The number of carbonyl (C=O) groups excluding carboxylic acids is 1. The monoisotopic (exact) mass is 438 g/mol. The van der Waals surface area contributed by atoms with E-state index in [9.17, 15) is 9.59 Å². The number of nitrogens with one attached hydrogen (secondary N) is 1. The van der Waals surface area contributed by atoms with Crippen molar-refractivity contribution in [2.45, 2.75) is 19.8 Å². The second-order valence-electron chi connectivity index (χ2n) is 7.00. The number of rotatable bonds is 5. The molecule has 152 valence electrons. The van der Waals surface area contributed by atoms with Crippen molar-refractivity contribution in [2.24, 2.45) is 7.05 Å². The molecule has 0 fully saturated rings. The number of aromatic nitrogens is 3. The van der Waals surface area contributed by atoms with Gasteiger partial charge in [0.05, 0.1) is 17.5 Å². The van der Waals surface area contributed by atoms with Crippen LogP contribution in [0.5, 0.6) is 0 Å². The molecular formula is C22H19ClN4O2S. The summed E-state index contributed by atoms with van der Waals surface area (Å²) in [6.07, 6.45) is 2.45. The number of halogens is 1. The van der Waals surface area contributed by atoms with E-state index >= 15 is 0 Å². The lowest BCUT2D eigenvalue weighted by atomic mass is 10.1. The molecule has 30 heavy (non-hydrogen) atoms. The molecule has 0 saturated carbocycles. The van der Waals surface area contributed by atoms with Gasteiger partial charge in [0, 0.05) is 35.0 Å². The van der Waals surface area contributed by atoms with Crippen molar-refractivity contribution < 1.29 is 4.79 Å². The van der Waals surface area contributed by atoms with Crippen molar-refractivity contribution in [1.82, 2.24) is 14.8 Å². The average Bonchev–Trinajstić information content (AvgIpc) is 3.16. The van der Waals surface area contributed by atoms with Crippen LogP contribution in [-0.4, -0.2) is 20.7 Å². The predicted molar refractivity (Wildman–Crippen MR) is 120 cm³/mol. The molecule has 0 atom stereocenters. The Bertz CT molecular complexity index is 1310. The van der Waals surface area contributed by atoms with Gasteiger partial charge in [-0.15, -0.1) is 11.3 Å². The van der Waals surface area contributed by atoms with Gasteiger partial charge in [-0.25, -0.2) is 9.67 Å². The topological polar surface area (TPSA) is 76.9 Å². The van der Waals surface area contributed by atoms with Crippen molar-refractivity contribution in [3.8, 4) is 0 Å². The van der Waals surface area contributed by atoms with Gasteiger partial charge >= 0.3 is 0 Å².